The van der Waals surface area contributed by atoms with Gasteiger partial charge in [0.2, 0.25) is 0 Å². The second-order valence-corrected chi connectivity index (χ2v) is 6.69. The number of urea groups is 1. The van der Waals surface area contributed by atoms with Crippen LogP contribution in [0.15, 0.2) is 0 Å². The summed E-state index contributed by atoms with van der Waals surface area (Å²) in [6.07, 6.45) is 1.74. The molecule has 2 rings (SSSR count). The summed E-state index contributed by atoms with van der Waals surface area (Å²) >= 11 is 0. The Morgan fingerprint density at radius 2 is 2.13 bits per heavy atom. The quantitative estimate of drug-likeness (QED) is 0.927. The van der Waals surface area contributed by atoms with Gasteiger partial charge in [-0.05, 0) is 33.6 Å². The van der Waals surface area contributed by atoms with Crippen molar-refractivity contribution < 1.29 is 9.53 Å². The maximum Gasteiger partial charge on any atom is 0.318 e. The zero-order valence-corrected chi connectivity index (χ0v) is 15.3. The molecule has 130 valence electrons. The van der Waals surface area contributed by atoms with Crippen LogP contribution in [0.3, 0.4) is 0 Å². The number of nitrogens with zero attached hydrogens (tertiary/aromatic N) is 3. The van der Waals surface area contributed by atoms with Gasteiger partial charge in [0, 0.05) is 24.8 Å². The van der Waals surface area contributed by atoms with E-state index < -0.39 is 0 Å². The van der Waals surface area contributed by atoms with Gasteiger partial charge in [0.05, 0.1) is 30.5 Å². The summed E-state index contributed by atoms with van der Waals surface area (Å²) in [5.74, 6) is 0. The fourth-order valence-electron chi connectivity index (χ4n) is 3.23. The minimum Gasteiger partial charge on any atom is -0.372 e. The molecular weight excluding hydrogens is 292 g/mol. The number of carbonyl (C=O) groups excluding carboxylic acids is 1. The molecule has 0 spiro atoms. The number of aryl methyl sites for hydroxylation is 2. The summed E-state index contributed by atoms with van der Waals surface area (Å²) in [5.41, 5.74) is 2.99. The molecule has 6 nitrogen and oxygen atoms in total. The van der Waals surface area contributed by atoms with Crippen molar-refractivity contribution in [2.24, 2.45) is 7.05 Å². The van der Waals surface area contributed by atoms with Gasteiger partial charge in [-0.25, -0.2) is 4.79 Å². The molecule has 1 aromatic rings. The molecule has 1 aromatic heterocycles. The van der Waals surface area contributed by atoms with E-state index in [-0.39, 0.29) is 17.7 Å². The Labute approximate surface area is 139 Å². The van der Waals surface area contributed by atoms with Gasteiger partial charge in [-0.3, -0.25) is 4.68 Å². The predicted molar refractivity (Wildman–Crippen MR) is 90.5 cm³/mol. The first-order valence-electron chi connectivity index (χ1n) is 8.50. The predicted octanol–water partition coefficient (Wildman–Crippen LogP) is 2.70. The number of nitrogens with one attached hydrogen (secondary N) is 1. The molecule has 2 amide bonds. The van der Waals surface area contributed by atoms with Crippen LogP contribution in [-0.2, 0) is 11.8 Å². The van der Waals surface area contributed by atoms with Gasteiger partial charge < -0.3 is 15.0 Å². The molecule has 0 aromatic carbocycles. The lowest BCUT2D eigenvalue weighted by atomic mass is 10.0. The highest BCUT2D eigenvalue weighted by molar-refractivity contribution is 5.75. The van der Waals surface area contributed by atoms with Crippen LogP contribution >= 0.6 is 0 Å². The van der Waals surface area contributed by atoms with Crippen molar-refractivity contribution in [2.75, 3.05) is 19.7 Å². The van der Waals surface area contributed by atoms with Crippen LogP contribution in [0.4, 0.5) is 4.79 Å². The number of carbonyl (C=O) groups is 1. The van der Waals surface area contributed by atoms with E-state index >= 15 is 0 Å². The second-order valence-electron chi connectivity index (χ2n) is 6.69. The van der Waals surface area contributed by atoms with Crippen LogP contribution < -0.4 is 5.32 Å². The van der Waals surface area contributed by atoms with E-state index in [9.17, 15) is 4.79 Å². The van der Waals surface area contributed by atoms with Crippen molar-refractivity contribution in [3.8, 4) is 0 Å². The molecule has 2 heterocycles. The van der Waals surface area contributed by atoms with Crippen LogP contribution in [0, 0.1) is 13.8 Å². The Morgan fingerprint density at radius 3 is 2.65 bits per heavy atom. The van der Waals surface area contributed by atoms with Crippen LogP contribution in [0.5, 0.6) is 0 Å². The van der Waals surface area contributed by atoms with Crippen molar-refractivity contribution in [1.29, 1.82) is 0 Å². The molecule has 1 aliphatic rings. The van der Waals surface area contributed by atoms with Crippen molar-refractivity contribution in [1.82, 2.24) is 20.0 Å². The van der Waals surface area contributed by atoms with E-state index in [1.807, 2.05) is 30.5 Å². The number of morpholine rings is 1. The molecule has 0 radical (unpaired) electrons. The minimum atomic E-state index is -0.239. The minimum absolute atomic E-state index is 0.00747. The van der Waals surface area contributed by atoms with Crippen molar-refractivity contribution in [2.45, 2.75) is 59.1 Å². The summed E-state index contributed by atoms with van der Waals surface area (Å²) in [4.78, 5) is 14.6. The zero-order valence-electron chi connectivity index (χ0n) is 15.3. The highest BCUT2D eigenvalue weighted by atomic mass is 16.5. The monoisotopic (exact) mass is 322 g/mol. The molecule has 1 fully saturated rings. The lowest BCUT2D eigenvalue weighted by molar-refractivity contribution is -0.0874. The number of amides is 2. The van der Waals surface area contributed by atoms with Crippen LogP contribution in [0.1, 0.15) is 56.6 Å². The SMILES string of the molecule is CC[C@H](NC(=O)N1CCO[C@](C)(CC)C1)c1c(C)nn(C)c1C. The van der Waals surface area contributed by atoms with Gasteiger partial charge in [0.25, 0.3) is 0 Å². The molecular formula is C17H30N4O2. The third-order valence-electron chi connectivity index (χ3n) is 4.99. The average molecular weight is 322 g/mol. The topological polar surface area (TPSA) is 59.4 Å². The fourth-order valence-corrected chi connectivity index (χ4v) is 3.23. The van der Waals surface area contributed by atoms with E-state index in [0.29, 0.717) is 19.7 Å². The average Bonchev–Trinajstić information content (AvgIpc) is 2.78. The maximum absolute atomic E-state index is 12.7. The third kappa shape index (κ3) is 3.68. The maximum atomic E-state index is 12.7. The van der Waals surface area contributed by atoms with Crippen LogP contribution in [-0.4, -0.2) is 46.0 Å². The summed E-state index contributed by atoms with van der Waals surface area (Å²) in [5, 5.41) is 7.66. The van der Waals surface area contributed by atoms with Crippen LogP contribution in [0.2, 0.25) is 0 Å². The van der Waals surface area contributed by atoms with Crippen molar-refractivity contribution in [3.05, 3.63) is 17.0 Å². The lowest BCUT2D eigenvalue weighted by Crippen LogP contribution is -2.54. The first kappa shape index (κ1) is 17.8. The van der Waals surface area contributed by atoms with Gasteiger partial charge in [-0.15, -0.1) is 0 Å². The van der Waals surface area contributed by atoms with Crippen molar-refractivity contribution >= 4 is 6.03 Å². The molecule has 0 saturated carbocycles. The normalized spacial score (nSPS) is 23.0. The standard InChI is InChI=1S/C17H30N4O2/c1-7-14(15-12(3)19-20(6)13(15)4)18-16(22)21-9-10-23-17(5,8-2)11-21/h14H,7-11H2,1-6H3,(H,18,22)/t14-,17+/m0/s1. The number of hydrogen-bond acceptors (Lipinski definition) is 3. The number of ether oxygens (including phenoxy) is 1. The molecule has 0 unspecified atom stereocenters. The summed E-state index contributed by atoms with van der Waals surface area (Å²) in [7, 11) is 1.94. The molecule has 6 heteroatoms. The molecule has 2 atom stereocenters. The van der Waals surface area contributed by atoms with E-state index in [1.54, 1.807) is 0 Å². The molecule has 1 N–H and O–H groups in total. The first-order chi connectivity index (χ1) is 10.8. The number of hydrogen-bond donors (Lipinski definition) is 1. The highest BCUT2D eigenvalue weighted by Crippen LogP contribution is 2.25. The summed E-state index contributed by atoms with van der Waals surface area (Å²) in [6.45, 7) is 12.2. The van der Waals surface area contributed by atoms with E-state index in [2.05, 4.69) is 31.2 Å². The van der Waals surface area contributed by atoms with Gasteiger partial charge in [-0.1, -0.05) is 13.8 Å². The van der Waals surface area contributed by atoms with Gasteiger partial charge >= 0.3 is 6.03 Å². The highest BCUT2D eigenvalue weighted by Gasteiger charge is 2.33. The fraction of sp³-hybridized carbons (Fsp3) is 0.765. The van der Waals surface area contributed by atoms with E-state index in [4.69, 9.17) is 4.74 Å². The third-order valence-corrected chi connectivity index (χ3v) is 4.99. The van der Waals surface area contributed by atoms with Gasteiger partial charge in [0.15, 0.2) is 0 Å². The number of aromatic nitrogens is 2. The molecule has 0 aliphatic carbocycles. The smallest absolute Gasteiger partial charge is 0.318 e. The largest absolute Gasteiger partial charge is 0.372 e. The Balaban J connectivity index is 2.11. The molecule has 1 aliphatic heterocycles. The van der Waals surface area contributed by atoms with Crippen LogP contribution in [0.25, 0.3) is 0 Å². The molecule has 0 bridgehead atoms. The summed E-state index contributed by atoms with van der Waals surface area (Å²) in [6, 6.07) is -0.0191. The number of rotatable bonds is 4. The summed E-state index contributed by atoms with van der Waals surface area (Å²) < 4.78 is 7.69. The zero-order chi connectivity index (χ0) is 17.2. The Morgan fingerprint density at radius 1 is 1.43 bits per heavy atom. The first-order valence-corrected chi connectivity index (χ1v) is 8.50. The Hall–Kier alpha value is -1.56. The van der Waals surface area contributed by atoms with Crippen molar-refractivity contribution in [3.63, 3.8) is 0 Å². The Kier molecular flexibility index (Phi) is 5.34. The lowest BCUT2D eigenvalue weighted by Gasteiger charge is -2.40. The molecule has 1 saturated heterocycles. The van der Waals surface area contributed by atoms with E-state index in [1.165, 1.54) is 0 Å². The molecule has 23 heavy (non-hydrogen) atoms. The van der Waals surface area contributed by atoms with E-state index in [0.717, 1.165) is 29.8 Å². The van der Waals surface area contributed by atoms with Gasteiger partial charge in [0.1, 0.15) is 0 Å². The van der Waals surface area contributed by atoms with Gasteiger partial charge in [-0.2, -0.15) is 5.10 Å². The Bertz CT molecular complexity index is 569. The second kappa shape index (κ2) is 6.91.